The molecule has 3 aliphatic carbocycles. The van der Waals surface area contributed by atoms with E-state index in [0.29, 0.717) is 12.5 Å². The monoisotopic (exact) mass is 392 g/mol. The van der Waals surface area contributed by atoms with Gasteiger partial charge in [-0.3, -0.25) is 4.39 Å². The van der Waals surface area contributed by atoms with Crippen LogP contribution in [0.1, 0.15) is 103 Å². The van der Waals surface area contributed by atoms with Crippen molar-refractivity contribution in [1.29, 1.82) is 0 Å². The number of hydrogen-bond acceptors (Lipinski definition) is 1. The Morgan fingerprint density at radius 3 is 1.75 bits per heavy atom. The fraction of sp³-hybridized carbons (Fsp3) is 0.923. The average molecular weight is 393 g/mol. The first-order valence-electron chi connectivity index (χ1n) is 12.6. The second kappa shape index (κ2) is 12.4. The van der Waals surface area contributed by atoms with Gasteiger partial charge in [-0.2, -0.15) is 0 Å². The molecule has 0 unspecified atom stereocenters. The molecule has 0 heterocycles. The fourth-order valence-electron chi connectivity index (χ4n) is 6.37. The third-order valence-corrected chi connectivity index (χ3v) is 8.22. The first kappa shape index (κ1) is 22.3. The molecule has 0 aromatic rings. The molecule has 0 spiro atoms. The van der Waals surface area contributed by atoms with Crippen LogP contribution < -0.4 is 0 Å². The van der Waals surface area contributed by atoms with Crippen LogP contribution in [-0.4, -0.2) is 19.4 Å². The molecule has 162 valence electrons. The SMILES string of the molecule is CCCCO[C@H]1CC[C@H](C2CCC([C@H]3CC[C@H](/C=C/CCF)CC3)CC2)CC1. The number of unbranched alkanes of at least 4 members (excludes halogenated alkanes) is 1. The molecule has 1 nitrogen and oxygen atoms in total. The minimum Gasteiger partial charge on any atom is -0.378 e. The lowest BCUT2D eigenvalue weighted by atomic mass is 9.65. The average Bonchev–Trinajstić information content (AvgIpc) is 2.75. The largest absolute Gasteiger partial charge is 0.378 e. The molecule has 0 N–H and O–H groups in total. The van der Waals surface area contributed by atoms with Gasteiger partial charge < -0.3 is 4.74 Å². The van der Waals surface area contributed by atoms with E-state index in [1.807, 2.05) is 0 Å². The molecule has 3 aliphatic rings. The van der Waals surface area contributed by atoms with Crippen molar-refractivity contribution in [3.8, 4) is 0 Å². The Balaban J connectivity index is 1.31. The number of rotatable bonds is 9. The van der Waals surface area contributed by atoms with Gasteiger partial charge in [-0.05, 0) is 119 Å². The van der Waals surface area contributed by atoms with E-state index in [-0.39, 0.29) is 6.67 Å². The third kappa shape index (κ3) is 6.85. The fourth-order valence-corrected chi connectivity index (χ4v) is 6.37. The van der Waals surface area contributed by atoms with Crippen LogP contribution in [0.25, 0.3) is 0 Å². The highest BCUT2D eigenvalue weighted by molar-refractivity contribution is 4.93. The van der Waals surface area contributed by atoms with Crippen LogP contribution in [0.2, 0.25) is 0 Å². The number of hydrogen-bond donors (Lipinski definition) is 0. The van der Waals surface area contributed by atoms with Crippen LogP contribution in [0.5, 0.6) is 0 Å². The molecule has 0 amide bonds. The minimum atomic E-state index is -0.206. The summed E-state index contributed by atoms with van der Waals surface area (Å²) in [7, 11) is 0. The van der Waals surface area contributed by atoms with Crippen LogP contribution >= 0.6 is 0 Å². The van der Waals surface area contributed by atoms with Crippen molar-refractivity contribution in [3.63, 3.8) is 0 Å². The van der Waals surface area contributed by atoms with Crippen molar-refractivity contribution in [2.45, 2.75) is 109 Å². The summed E-state index contributed by atoms with van der Waals surface area (Å²) in [6.07, 6.45) is 25.0. The lowest BCUT2D eigenvalue weighted by Gasteiger charge is -2.41. The molecule has 0 saturated heterocycles. The Kier molecular flexibility index (Phi) is 9.85. The number of alkyl halides is 1. The molecule has 0 radical (unpaired) electrons. The highest BCUT2D eigenvalue weighted by atomic mass is 19.1. The Hall–Kier alpha value is -0.370. The van der Waals surface area contributed by atoms with Crippen molar-refractivity contribution in [2.75, 3.05) is 13.3 Å². The second-order valence-corrected chi connectivity index (χ2v) is 10.0. The van der Waals surface area contributed by atoms with E-state index in [9.17, 15) is 4.39 Å². The van der Waals surface area contributed by atoms with Crippen molar-refractivity contribution < 1.29 is 9.13 Å². The normalized spacial score (nSPS) is 37.4. The Morgan fingerprint density at radius 1 is 0.750 bits per heavy atom. The number of allylic oxidation sites excluding steroid dienone is 2. The number of ether oxygens (including phenoxy) is 1. The summed E-state index contributed by atoms with van der Waals surface area (Å²) in [5.41, 5.74) is 0. The summed E-state index contributed by atoms with van der Waals surface area (Å²) >= 11 is 0. The molecule has 28 heavy (non-hydrogen) atoms. The highest BCUT2D eigenvalue weighted by Gasteiger charge is 2.34. The van der Waals surface area contributed by atoms with Gasteiger partial charge in [0, 0.05) is 6.61 Å². The molecule has 3 fully saturated rings. The van der Waals surface area contributed by atoms with Crippen molar-refractivity contribution in [3.05, 3.63) is 12.2 Å². The Labute approximate surface area is 173 Å². The standard InChI is InChI=1S/C26H45FO/c1-2-3-20-28-26-17-15-25(16-18-26)24-13-11-23(12-14-24)22-9-7-21(8-10-22)6-4-5-19-27/h4,6,21-26H,2-3,5,7-20H2,1H3/b6-4+/t21-,22-,23?,24?,25-,26-. The van der Waals surface area contributed by atoms with Gasteiger partial charge in [0.05, 0.1) is 12.8 Å². The maximum atomic E-state index is 12.2. The van der Waals surface area contributed by atoms with E-state index >= 15 is 0 Å². The molecule has 2 heteroatoms. The van der Waals surface area contributed by atoms with E-state index in [4.69, 9.17) is 4.74 Å². The van der Waals surface area contributed by atoms with Gasteiger partial charge in [-0.25, -0.2) is 0 Å². The summed E-state index contributed by atoms with van der Waals surface area (Å²) in [5.74, 6) is 4.71. The molecule has 3 rings (SSSR count). The lowest BCUT2D eigenvalue weighted by molar-refractivity contribution is 0.00437. The summed E-state index contributed by atoms with van der Waals surface area (Å²) in [5, 5.41) is 0. The predicted octanol–water partition coefficient (Wildman–Crippen LogP) is 7.89. The third-order valence-electron chi connectivity index (χ3n) is 8.22. The van der Waals surface area contributed by atoms with Crippen LogP contribution in [0, 0.1) is 29.6 Å². The summed E-state index contributed by atoms with van der Waals surface area (Å²) in [6.45, 7) is 3.02. The molecule has 0 aromatic heterocycles. The Bertz CT molecular complexity index is 424. The Morgan fingerprint density at radius 2 is 1.25 bits per heavy atom. The molecule has 0 atom stereocenters. The van der Waals surface area contributed by atoms with Crippen molar-refractivity contribution in [2.24, 2.45) is 29.6 Å². The van der Waals surface area contributed by atoms with E-state index < -0.39 is 0 Å². The quantitative estimate of drug-likeness (QED) is 0.286. The van der Waals surface area contributed by atoms with Crippen molar-refractivity contribution >= 4 is 0 Å². The molecular weight excluding hydrogens is 347 g/mol. The molecular formula is C26H45FO. The van der Waals surface area contributed by atoms with Crippen LogP contribution in [0.3, 0.4) is 0 Å². The molecule has 3 saturated carbocycles. The van der Waals surface area contributed by atoms with Gasteiger partial charge in [-0.15, -0.1) is 0 Å². The van der Waals surface area contributed by atoms with Crippen LogP contribution in [0.15, 0.2) is 12.2 Å². The van der Waals surface area contributed by atoms with E-state index in [0.717, 1.165) is 36.2 Å². The number of halogens is 1. The zero-order chi connectivity index (χ0) is 19.6. The zero-order valence-corrected chi connectivity index (χ0v) is 18.4. The van der Waals surface area contributed by atoms with E-state index in [1.165, 1.54) is 89.9 Å². The van der Waals surface area contributed by atoms with Crippen molar-refractivity contribution in [1.82, 2.24) is 0 Å². The van der Waals surface area contributed by atoms with Gasteiger partial charge in [0.15, 0.2) is 0 Å². The van der Waals surface area contributed by atoms with Crippen LogP contribution in [0.4, 0.5) is 4.39 Å². The van der Waals surface area contributed by atoms with Gasteiger partial charge >= 0.3 is 0 Å². The minimum absolute atomic E-state index is 0.206. The van der Waals surface area contributed by atoms with E-state index in [1.54, 1.807) is 0 Å². The van der Waals surface area contributed by atoms with Gasteiger partial charge in [0.2, 0.25) is 0 Å². The van der Waals surface area contributed by atoms with Gasteiger partial charge in [-0.1, -0.05) is 25.5 Å². The molecule has 0 bridgehead atoms. The summed E-state index contributed by atoms with van der Waals surface area (Å²) in [4.78, 5) is 0. The molecule has 0 aromatic carbocycles. The summed E-state index contributed by atoms with van der Waals surface area (Å²) in [6, 6.07) is 0. The zero-order valence-electron chi connectivity index (χ0n) is 18.4. The summed E-state index contributed by atoms with van der Waals surface area (Å²) < 4.78 is 18.3. The highest BCUT2D eigenvalue weighted by Crippen LogP contribution is 2.45. The van der Waals surface area contributed by atoms with Gasteiger partial charge in [0.25, 0.3) is 0 Å². The topological polar surface area (TPSA) is 9.23 Å². The first-order valence-corrected chi connectivity index (χ1v) is 12.6. The smallest absolute Gasteiger partial charge is 0.0928 e. The van der Waals surface area contributed by atoms with E-state index in [2.05, 4.69) is 19.1 Å². The lowest BCUT2D eigenvalue weighted by Crippen LogP contribution is -2.31. The van der Waals surface area contributed by atoms with Gasteiger partial charge in [0.1, 0.15) is 0 Å². The maximum Gasteiger partial charge on any atom is 0.0928 e. The second-order valence-electron chi connectivity index (χ2n) is 10.0. The predicted molar refractivity (Wildman–Crippen MR) is 117 cm³/mol. The van der Waals surface area contributed by atoms with Crippen LogP contribution in [-0.2, 0) is 4.74 Å². The first-order chi connectivity index (χ1) is 13.8. The maximum absolute atomic E-state index is 12.2. The molecule has 0 aliphatic heterocycles.